The molecule has 0 aromatic heterocycles. The maximum absolute atomic E-state index is 12.2. The number of amides is 1. The zero-order valence-electron chi connectivity index (χ0n) is 16.1. The van der Waals surface area contributed by atoms with Crippen molar-refractivity contribution < 1.29 is 19.2 Å². The van der Waals surface area contributed by atoms with E-state index in [0.717, 1.165) is 18.4 Å². The number of nitro benzene ring substituents is 1. The molecule has 1 fully saturated rings. The van der Waals surface area contributed by atoms with Crippen molar-refractivity contribution in [3.8, 4) is 0 Å². The summed E-state index contributed by atoms with van der Waals surface area (Å²) in [5.74, 6) is -1.09. The van der Waals surface area contributed by atoms with Gasteiger partial charge in [-0.15, -0.1) is 0 Å². The fraction of sp³-hybridized carbons (Fsp3) is 0.333. The SMILES string of the molecule is C[C@@H](CNC(=O)COC(=O)c1ccc(NC2CC2)c([N+](=O)[O-])c1)c1ccccc1. The van der Waals surface area contributed by atoms with E-state index in [-0.39, 0.29) is 23.2 Å². The Bertz CT molecular complexity index is 896. The van der Waals surface area contributed by atoms with Gasteiger partial charge in [0.05, 0.1) is 10.5 Å². The van der Waals surface area contributed by atoms with E-state index in [4.69, 9.17) is 4.74 Å². The lowest BCUT2D eigenvalue weighted by Gasteiger charge is -2.13. The molecule has 152 valence electrons. The second-order valence-corrected chi connectivity index (χ2v) is 7.10. The Morgan fingerprint density at radius 1 is 1.21 bits per heavy atom. The first-order chi connectivity index (χ1) is 13.9. The van der Waals surface area contributed by atoms with E-state index < -0.39 is 23.4 Å². The van der Waals surface area contributed by atoms with Gasteiger partial charge in [0.1, 0.15) is 5.69 Å². The average Bonchev–Trinajstić information content (AvgIpc) is 3.55. The highest BCUT2D eigenvalue weighted by Crippen LogP contribution is 2.31. The Morgan fingerprint density at radius 2 is 1.93 bits per heavy atom. The third kappa shape index (κ3) is 5.78. The molecule has 0 heterocycles. The highest BCUT2D eigenvalue weighted by Gasteiger charge is 2.26. The van der Waals surface area contributed by atoms with E-state index in [1.165, 1.54) is 18.2 Å². The van der Waals surface area contributed by atoms with Gasteiger partial charge >= 0.3 is 5.97 Å². The number of nitrogens with one attached hydrogen (secondary N) is 2. The smallest absolute Gasteiger partial charge is 0.338 e. The molecule has 2 aromatic carbocycles. The van der Waals surface area contributed by atoms with Crippen LogP contribution in [0, 0.1) is 10.1 Å². The Balaban J connectivity index is 1.51. The number of anilines is 1. The molecular formula is C21H23N3O5. The van der Waals surface area contributed by atoms with Gasteiger partial charge < -0.3 is 15.4 Å². The molecule has 29 heavy (non-hydrogen) atoms. The summed E-state index contributed by atoms with van der Waals surface area (Å²) in [5.41, 5.74) is 1.31. The normalized spacial score (nSPS) is 14.0. The molecule has 0 unspecified atom stereocenters. The lowest BCUT2D eigenvalue weighted by Crippen LogP contribution is -2.31. The van der Waals surface area contributed by atoms with Crippen molar-refractivity contribution >= 4 is 23.3 Å². The fourth-order valence-corrected chi connectivity index (χ4v) is 2.81. The summed E-state index contributed by atoms with van der Waals surface area (Å²) in [4.78, 5) is 34.9. The van der Waals surface area contributed by atoms with Gasteiger partial charge in [-0.25, -0.2) is 4.79 Å². The number of hydrogen-bond acceptors (Lipinski definition) is 6. The summed E-state index contributed by atoms with van der Waals surface area (Å²) in [7, 11) is 0. The molecule has 1 aliphatic rings. The second-order valence-electron chi connectivity index (χ2n) is 7.10. The third-order valence-electron chi connectivity index (χ3n) is 4.68. The van der Waals surface area contributed by atoms with Gasteiger partial charge in [0.25, 0.3) is 11.6 Å². The first kappa shape index (κ1) is 20.3. The number of carbonyl (C=O) groups excluding carboxylic acids is 2. The molecule has 2 N–H and O–H groups in total. The van der Waals surface area contributed by atoms with Crippen LogP contribution in [-0.2, 0) is 9.53 Å². The molecule has 8 heteroatoms. The summed E-state index contributed by atoms with van der Waals surface area (Å²) in [6, 6.07) is 14.1. The van der Waals surface area contributed by atoms with Crippen LogP contribution in [0.25, 0.3) is 0 Å². The Hall–Kier alpha value is -3.42. The zero-order valence-corrected chi connectivity index (χ0v) is 16.1. The van der Waals surface area contributed by atoms with Crippen molar-refractivity contribution in [2.45, 2.75) is 31.7 Å². The summed E-state index contributed by atoms with van der Waals surface area (Å²) in [6.07, 6.45) is 1.94. The largest absolute Gasteiger partial charge is 0.452 e. The van der Waals surface area contributed by atoms with Crippen LogP contribution in [0.5, 0.6) is 0 Å². The standard InChI is InChI=1S/C21H23N3O5/c1-14(15-5-3-2-4-6-15)12-22-20(25)13-29-21(26)16-7-10-18(23-17-8-9-17)19(11-16)24(27)28/h2-7,10-11,14,17,23H,8-9,12-13H2,1H3,(H,22,25)/t14-/m0/s1. The molecule has 0 bridgehead atoms. The second kappa shape index (κ2) is 9.18. The molecule has 1 aliphatic carbocycles. The van der Waals surface area contributed by atoms with Gasteiger partial charge in [-0.3, -0.25) is 14.9 Å². The van der Waals surface area contributed by atoms with Crippen molar-refractivity contribution in [3.05, 3.63) is 69.8 Å². The minimum atomic E-state index is -0.780. The highest BCUT2D eigenvalue weighted by atomic mass is 16.6. The summed E-state index contributed by atoms with van der Waals surface area (Å²) < 4.78 is 5.00. The number of ether oxygens (including phenoxy) is 1. The molecule has 1 saturated carbocycles. The van der Waals surface area contributed by atoms with Crippen LogP contribution in [0.4, 0.5) is 11.4 Å². The average molecular weight is 397 g/mol. The number of hydrogen-bond donors (Lipinski definition) is 2. The predicted octanol–water partition coefficient (Wildman–Crippen LogP) is 3.25. The minimum Gasteiger partial charge on any atom is -0.452 e. The first-order valence-electron chi connectivity index (χ1n) is 9.48. The summed E-state index contributed by atoms with van der Waals surface area (Å²) in [5, 5.41) is 17.1. The maximum atomic E-state index is 12.2. The Kier molecular flexibility index (Phi) is 6.43. The van der Waals surface area contributed by atoms with E-state index in [9.17, 15) is 19.7 Å². The van der Waals surface area contributed by atoms with Gasteiger partial charge in [0, 0.05) is 18.7 Å². The summed E-state index contributed by atoms with van der Waals surface area (Å²) >= 11 is 0. The van der Waals surface area contributed by atoms with Crippen LogP contribution in [0.1, 0.15) is 41.6 Å². The molecule has 1 atom stereocenters. The molecule has 8 nitrogen and oxygen atoms in total. The maximum Gasteiger partial charge on any atom is 0.338 e. The third-order valence-corrected chi connectivity index (χ3v) is 4.68. The van der Waals surface area contributed by atoms with Gasteiger partial charge in [-0.05, 0) is 36.5 Å². The van der Waals surface area contributed by atoms with Crippen molar-refractivity contribution in [1.82, 2.24) is 5.32 Å². The zero-order chi connectivity index (χ0) is 20.8. The molecule has 0 spiro atoms. The summed E-state index contributed by atoms with van der Waals surface area (Å²) in [6.45, 7) is 1.95. The number of rotatable bonds is 9. The molecular weight excluding hydrogens is 374 g/mol. The molecule has 0 radical (unpaired) electrons. The first-order valence-corrected chi connectivity index (χ1v) is 9.48. The Labute approximate surface area is 168 Å². The van der Waals surface area contributed by atoms with E-state index in [1.807, 2.05) is 37.3 Å². The highest BCUT2D eigenvalue weighted by molar-refractivity contribution is 5.93. The van der Waals surface area contributed by atoms with Crippen LogP contribution in [-0.4, -0.2) is 36.0 Å². The lowest BCUT2D eigenvalue weighted by molar-refractivity contribution is -0.384. The van der Waals surface area contributed by atoms with E-state index in [2.05, 4.69) is 10.6 Å². The van der Waals surface area contributed by atoms with Crippen LogP contribution >= 0.6 is 0 Å². The lowest BCUT2D eigenvalue weighted by atomic mass is 10.0. The van der Waals surface area contributed by atoms with Gasteiger partial charge in [-0.1, -0.05) is 37.3 Å². The molecule has 0 saturated heterocycles. The van der Waals surface area contributed by atoms with Crippen molar-refractivity contribution in [2.75, 3.05) is 18.5 Å². The number of benzene rings is 2. The molecule has 2 aromatic rings. The number of nitro groups is 1. The van der Waals surface area contributed by atoms with Gasteiger partial charge in [0.2, 0.25) is 0 Å². The minimum absolute atomic E-state index is 0.0310. The van der Waals surface area contributed by atoms with Gasteiger partial charge in [0.15, 0.2) is 6.61 Å². The number of esters is 1. The molecule has 3 rings (SSSR count). The van der Waals surface area contributed by atoms with Crippen LogP contribution in [0.15, 0.2) is 48.5 Å². The van der Waals surface area contributed by atoms with Crippen LogP contribution < -0.4 is 10.6 Å². The van der Waals surface area contributed by atoms with E-state index >= 15 is 0 Å². The molecule has 1 amide bonds. The molecule has 0 aliphatic heterocycles. The van der Waals surface area contributed by atoms with Gasteiger partial charge in [-0.2, -0.15) is 0 Å². The van der Waals surface area contributed by atoms with E-state index in [0.29, 0.717) is 12.2 Å². The number of carbonyl (C=O) groups is 2. The Morgan fingerprint density at radius 3 is 2.59 bits per heavy atom. The van der Waals surface area contributed by atoms with Crippen LogP contribution in [0.3, 0.4) is 0 Å². The number of nitrogens with zero attached hydrogens (tertiary/aromatic N) is 1. The fourth-order valence-electron chi connectivity index (χ4n) is 2.81. The predicted molar refractivity (Wildman–Crippen MR) is 108 cm³/mol. The van der Waals surface area contributed by atoms with Crippen molar-refractivity contribution in [1.29, 1.82) is 0 Å². The monoisotopic (exact) mass is 397 g/mol. The van der Waals surface area contributed by atoms with E-state index in [1.54, 1.807) is 0 Å². The van der Waals surface area contributed by atoms with Crippen molar-refractivity contribution in [3.63, 3.8) is 0 Å². The quantitative estimate of drug-likeness (QED) is 0.382. The van der Waals surface area contributed by atoms with Crippen LogP contribution in [0.2, 0.25) is 0 Å². The topological polar surface area (TPSA) is 111 Å². The van der Waals surface area contributed by atoms with Crippen molar-refractivity contribution in [2.24, 2.45) is 0 Å².